The zero-order chi connectivity index (χ0) is 19.0. The highest BCUT2D eigenvalue weighted by molar-refractivity contribution is 7.21. The van der Waals surface area contributed by atoms with Gasteiger partial charge in [-0.1, -0.05) is 0 Å². The second-order valence-electron chi connectivity index (χ2n) is 6.29. The molecule has 0 saturated heterocycles. The highest BCUT2D eigenvalue weighted by Crippen LogP contribution is 2.35. The van der Waals surface area contributed by atoms with E-state index in [1.807, 2.05) is 19.1 Å². The van der Waals surface area contributed by atoms with E-state index in [-0.39, 0.29) is 6.61 Å². The fraction of sp³-hybridized carbons (Fsp3) is 0.200. The number of aldehydes is 1. The minimum atomic E-state index is -0.196. The summed E-state index contributed by atoms with van der Waals surface area (Å²) in [5.74, 6) is 0. The van der Waals surface area contributed by atoms with E-state index in [0.29, 0.717) is 17.7 Å². The Balaban J connectivity index is 1.92. The van der Waals surface area contributed by atoms with Crippen molar-refractivity contribution in [3.05, 3.63) is 52.8 Å². The van der Waals surface area contributed by atoms with Crippen molar-refractivity contribution in [3.63, 3.8) is 0 Å². The molecule has 0 radical (unpaired) electrons. The molecule has 0 fully saturated rings. The number of thiazole rings is 1. The van der Waals surface area contributed by atoms with Crippen molar-refractivity contribution >= 4 is 38.9 Å². The van der Waals surface area contributed by atoms with Crippen molar-refractivity contribution in [1.29, 1.82) is 0 Å². The van der Waals surface area contributed by atoms with Crippen LogP contribution >= 0.6 is 11.3 Å². The predicted octanol–water partition coefficient (Wildman–Crippen LogP) is 3.67. The van der Waals surface area contributed by atoms with E-state index >= 15 is 0 Å². The van der Waals surface area contributed by atoms with Crippen molar-refractivity contribution in [2.24, 2.45) is 0 Å². The molecule has 4 aromatic rings. The van der Waals surface area contributed by atoms with Gasteiger partial charge >= 0.3 is 0 Å². The molecule has 0 spiro atoms. The van der Waals surface area contributed by atoms with Crippen molar-refractivity contribution in [2.75, 3.05) is 7.11 Å². The average molecular weight is 379 g/mol. The van der Waals surface area contributed by atoms with Gasteiger partial charge in [-0.2, -0.15) is 0 Å². The van der Waals surface area contributed by atoms with E-state index in [1.54, 1.807) is 25.4 Å². The minimum Gasteiger partial charge on any atom is -0.392 e. The second-order valence-corrected chi connectivity index (χ2v) is 7.32. The topological polar surface area (TPSA) is 85.2 Å². The molecule has 27 heavy (non-hydrogen) atoms. The van der Waals surface area contributed by atoms with Crippen LogP contribution in [0.3, 0.4) is 0 Å². The van der Waals surface area contributed by atoms with E-state index in [4.69, 9.17) is 9.72 Å². The first kappa shape index (κ1) is 17.7. The maximum absolute atomic E-state index is 11.3. The lowest BCUT2D eigenvalue weighted by molar-refractivity contribution is 0.112. The van der Waals surface area contributed by atoms with Crippen LogP contribution in [-0.4, -0.2) is 33.5 Å². The van der Waals surface area contributed by atoms with E-state index in [2.05, 4.69) is 9.97 Å². The van der Waals surface area contributed by atoms with Gasteiger partial charge in [-0.3, -0.25) is 9.78 Å². The lowest BCUT2D eigenvalue weighted by Crippen LogP contribution is -1.96. The Bertz CT molecular complexity index is 1170. The molecular formula is C20H17N3O3S. The predicted molar refractivity (Wildman–Crippen MR) is 105 cm³/mol. The standard InChI is InChI=1S/C20H17N3O3S/c1-11-3-15(19-17(4-11)22-14(7-21-19)10-26-2)20-23-16-5-12(8-24)13(9-25)6-18(16)27-20/h3-7,9,24H,8,10H2,1-2H3. The van der Waals surface area contributed by atoms with Crippen LogP contribution in [0.15, 0.2) is 30.5 Å². The average Bonchev–Trinajstić information content (AvgIpc) is 3.08. The summed E-state index contributed by atoms with van der Waals surface area (Å²) in [6.07, 6.45) is 2.47. The largest absolute Gasteiger partial charge is 0.392 e. The lowest BCUT2D eigenvalue weighted by Gasteiger charge is -2.06. The summed E-state index contributed by atoms with van der Waals surface area (Å²) in [7, 11) is 1.63. The van der Waals surface area contributed by atoms with Crippen LogP contribution in [0.2, 0.25) is 0 Å². The molecule has 0 unspecified atom stereocenters. The van der Waals surface area contributed by atoms with Crippen LogP contribution in [0.4, 0.5) is 0 Å². The zero-order valence-corrected chi connectivity index (χ0v) is 15.7. The minimum absolute atomic E-state index is 0.196. The van der Waals surface area contributed by atoms with Gasteiger partial charge in [0, 0.05) is 18.2 Å². The molecule has 0 aliphatic rings. The summed E-state index contributed by atoms with van der Waals surface area (Å²) in [5.41, 5.74) is 6.12. The Morgan fingerprint density at radius 2 is 2.04 bits per heavy atom. The highest BCUT2D eigenvalue weighted by Gasteiger charge is 2.15. The van der Waals surface area contributed by atoms with Gasteiger partial charge in [0.05, 0.1) is 46.4 Å². The summed E-state index contributed by atoms with van der Waals surface area (Å²) < 4.78 is 6.04. The normalized spacial score (nSPS) is 11.4. The van der Waals surface area contributed by atoms with Crippen molar-refractivity contribution in [2.45, 2.75) is 20.1 Å². The number of aliphatic hydroxyl groups excluding tert-OH is 1. The molecule has 0 saturated carbocycles. The molecule has 0 amide bonds. The Morgan fingerprint density at radius 1 is 1.19 bits per heavy atom. The molecule has 0 aliphatic heterocycles. The third-order valence-electron chi connectivity index (χ3n) is 4.31. The van der Waals surface area contributed by atoms with Crippen LogP contribution in [0.1, 0.15) is 27.2 Å². The number of nitrogens with zero attached hydrogens (tertiary/aromatic N) is 3. The van der Waals surface area contributed by atoms with Gasteiger partial charge in [0.15, 0.2) is 0 Å². The van der Waals surface area contributed by atoms with Gasteiger partial charge in [0.1, 0.15) is 11.3 Å². The molecule has 0 aliphatic carbocycles. The second kappa shape index (κ2) is 7.11. The molecule has 2 heterocycles. The Kier molecular flexibility index (Phi) is 4.65. The maximum atomic E-state index is 11.3. The number of aliphatic hydroxyl groups is 1. The number of fused-ring (bicyclic) bond motifs is 2. The quantitative estimate of drug-likeness (QED) is 0.533. The van der Waals surface area contributed by atoms with Gasteiger partial charge in [-0.15, -0.1) is 11.3 Å². The van der Waals surface area contributed by atoms with Crippen molar-refractivity contribution in [3.8, 4) is 10.6 Å². The van der Waals surface area contributed by atoms with Crippen LogP contribution in [0.5, 0.6) is 0 Å². The first-order chi connectivity index (χ1) is 13.1. The van der Waals surface area contributed by atoms with Crippen molar-refractivity contribution in [1.82, 2.24) is 15.0 Å². The van der Waals surface area contributed by atoms with Gasteiger partial charge < -0.3 is 9.84 Å². The summed E-state index contributed by atoms with van der Waals surface area (Å²) in [5, 5.41) is 10.3. The number of aryl methyl sites for hydroxylation is 1. The molecular weight excluding hydrogens is 362 g/mol. The number of rotatable bonds is 5. The van der Waals surface area contributed by atoms with Crippen molar-refractivity contribution < 1.29 is 14.6 Å². The fourth-order valence-electron chi connectivity index (χ4n) is 3.08. The van der Waals surface area contributed by atoms with E-state index in [1.165, 1.54) is 11.3 Å². The highest BCUT2D eigenvalue weighted by atomic mass is 32.1. The number of methoxy groups -OCH3 is 1. The molecule has 0 bridgehead atoms. The summed E-state index contributed by atoms with van der Waals surface area (Å²) in [6, 6.07) is 7.57. The van der Waals surface area contributed by atoms with Gasteiger partial charge in [0.25, 0.3) is 0 Å². The van der Waals surface area contributed by atoms with Crippen LogP contribution in [0.25, 0.3) is 31.8 Å². The Labute approximate surface area is 159 Å². The fourth-order valence-corrected chi connectivity index (χ4v) is 4.09. The summed E-state index contributed by atoms with van der Waals surface area (Å²) in [4.78, 5) is 25.2. The molecule has 1 N–H and O–H groups in total. The summed E-state index contributed by atoms with van der Waals surface area (Å²) in [6.45, 7) is 2.22. The number of aromatic nitrogens is 3. The van der Waals surface area contributed by atoms with Crippen LogP contribution in [0, 0.1) is 6.92 Å². The SMILES string of the molecule is COCc1cnc2c(-c3nc4cc(CO)c(C=O)cc4s3)cc(C)cc2n1. The van der Waals surface area contributed by atoms with Gasteiger partial charge in [0.2, 0.25) is 0 Å². The van der Waals surface area contributed by atoms with E-state index in [0.717, 1.165) is 49.4 Å². The molecule has 4 rings (SSSR count). The number of hydrogen-bond donors (Lipinski definition) is 1. The number of carbonyl (C=O) groups excluding carboxylic acids is 1. The smallest absolute Gasteiger partial charge is 0.150 e. The summed E-state index contributed by atoms with van der Waals surface area (Å²) >= 11 is 1.49. The molecule has 2 aromatic heterocycles. The number of ether oxygens (including phenoxy) is 1. The number of hydrogen-bond acceptors (Lipinski definition) is 7. The third kappa shape index (κ3) is 3.21. The Hall–Kier alpha value is -2.74. The number of benzene rings is 2. The third-order valence-corrected chi connectivity index (χ3v) is 5.36. The lowest BCUT2D eigenvalue weighted by atomic mass is 10.1. The van der Waals surface area contributed by atoms with Crippen LogP contribution in [-0.2, 0) is 18.0 Å². The Morgan fingerprint density at radius 3 is 2.78 bits per heavy atom. The van der Waals surface area contributed by atoms with Gasteiger partial charge in [-0.05, 0) is 42.3 Å². The molecule has 7 heteroatoms. The molecule has 136 valence electrons. The van der Waals surface area contributed by atoms with E-state index < -0.39 is 0 Å². The zero-order valence-electron chi connectivity index (χ0n) is 14.9. The van der Waals surface area contributed by atoms with Crippen LogP contribution < -0.4 is 0 Å². The van der Waals surface area contributed by atoms with E-state index in [9.17, 15) is 9.90 Å². The number of carbonyl (C=O) groups is 1. The molecule has 6 nitrogen and oxygen atoms in total. The molecule has 2 aromatic carbocycles. The van der Waals surface area contributed by atoms with Gasteiger partial charge in [-0.25, -0.2) is 9.97 Å². The first-order valence-corrected chi connectivity index (χ1v) is 9.19. The monoisotopic (exact) mass is 379 g/mol. The first-order valence-electron chi connectivity index (χ1n) is 8.38. The maximum Gasteiger partial charge on any atom is 0.150 e. The molecule has 0 atom stereocenters.